The topological polar surface area (TPSA) is 107 Å². The van der Waals surface area contributed by atoms with Crippen LogP contribution >= 0.6 is 36.6 Å². The molecule has 196 valence electrons. The van der Waals surface area contributed by atoms with Gasteiger partial charge >= 0.3 is 5.97 Å². The van der Waals surface area contributed by atoms with Crippen molar-refractivity contribution >= 4 is 54.3 Å². The molecule has 0 saturated carbocycles. The van der Waals surface area contributed by atoms with Gasteiger partial charge in [-0.2, -0.15) is 11.8 Å². The molecule has 1 saturated heterocycles. The summed E-state index contributed by atoms with van der Waals surface area (Å²) in [4.78, 5) is 36.4. The number of aromatic nitrogens is 2. The number of carboxylic acid groups (broad SMARTS) is 1. The Balaban J connectivity index is 0.00000544. The number of halogens is 2. The maximum absolute atomic E-state index is 13.8. The first-order valence-electron chi connectivity index (χ1n) is 11.4. The van der Waals surface area contributed by atoms with Gasteiger partial charge in [-0.3, -0.25) is 9.59 Å². The van der Waals surface area contributed by atoms with Crippen LogP contribution in [0.25, 0.3) is 0 Å². The predicted octanol–water partition coefficient (Wildman–Crippen LogP) is 3.94. The van der Waals surface area contributed by atoms with E-state index in [1.165, 1.54) is 0 Å². The first-order valence-corrected chi connectivity index (χ1v) is 12.8. The maximum atomic E-state index is 13.8. The van der Waals surface area contributed by atoms with Gasteiger partial charge in [-0.15, -0.1) is 24.8 Å². The first kappa shape index (κ1) is 32.7. The zero-order valence-electron chi connectivity index (χ0n) is 21.1. The number of thioether (sulfide) groups is 1. The molecule has 1 aliphatic rings. The molecule has 0 radical (unpaired) electrons. The number of carbonyl (C=O) groups excluding carboxylic acids is 1. The van der Waals surface area contributed by atoms with Crippen molar-refractivity contribution in [3.63, 3.8) is 0 Å². The van der Waals surface area contributed by atoms with Crippen LogP contribution in [-0.4, -0.2) is 76.1 Å². The average Bonchev–Trinajstić information content (AvgIpc) is 2.73. The average molecular weight is 539 g/mol. The van der Waals surface area contributed by atoms with Gasteiger partial charge in [0.05, 0.1) is 5.92 Å². The molecule has 0 aromatic carbocycles. The summed E-state index contributed by atoms with van der Waals surface area (Å²) in [6, 6.07) is -0.189. The van der Waals surface area contributed by atoms with Gasteiger partial charge in [-0.05, 0) is 30.8 Å². The van der Waals surface area contributed by atoms with Crippen LogP contribution in [0.4, 0.5) is 5.82 Å². The van der Waals surface area contributed by atoms with Crippen molar-refractivity contribution in [2.24, 2.45) is 11.8 Å². The first-order chi connectivity index (χ1) is 15.0. The number of piperidine rings is 1. The van der Waals surface area contributed by atoms with E-state index in [4.69, 9.17) is 4.98 Å². The number of hydrogen-bond acceptors (Lipinski definition) is 7. The predicted molar refractivity (Wildman–Crippen MR) is 145 cm³/mol. The van der Waals surface area contributed by atoms with Crippen molar-refractivity contribution in [3.8, 4) is 0 Å². The highest BCUT2D eigenvalue weighted by atomic mass is 35.5. The number of aliphatic carboxylic acids is 1. The molecule has 2 rings (SSSR count). The molecule has 34 heavy (non-hydrogen) atoms. The van der Waals surface area contributed by atoms with Crippen LogP contribution < -0.4 is 10.6 Å². The highest BCUT2D eigenvalue weighted by Crippen LogP contribution is 2.25. The molecule has 1 aromatic heterocycles. The van der Waals surface area contributed by atoms with Gasteiger partial charge in [-0.1, -0.05) is 34.6 Å². The Morgan fingerprint density at radius 1 is 1.29 bits per heavy atom. The number of nitrogens with one attached hydrogen (secondary N) is 2. The van der Waals surface area contributed by atoms with E-state index in [9.17, 15) is 14.7 Å². The molecule has 0 bridgehead atoms. The molecule has 2 atom stereocenters. The molecule has 11 heteroatoms. The van der Waals surface area contributed by atoms with Gasteiger partial charge in [0, 0.05) is 43.8 Å². The summed E-state index contributed by atoms with van der Waals surface area (Å²) in [5, 5.41) is 16.0. The Labute approximate surface area is 220 Å². The highest BCUT2D eigenvalue weighted by Gasteiger charge is 2.34. The summed E-state index contributed by atoms with van der Waals surface area (Å²) >= 11 is 1.78. The highest BCUT2D eigenvalue weighted by molar-refractivity contribution is 7.98. The molecule has 3 N–H and O–H groups in total. The lowest BCUT2D eigenvalue weighted by atomic mass is 9.93. The number of carboxylic acids is 1. The van der Waals surface area contributed by atoms with Crippen LogP contribution in [-0.2, 0) is 10.2 Å². The second-order valence-electron chi connectivity index (χ2n) is 9.91. The largest absolute Gasteiger partial charge is 0.481 e. The molecular weight excluding hydrogens is 497 g/mol. The van der Waals surface area contributed by atoms with Crippen LogP contribution in [0, 0.1) is 11.8 Å². The van der Waals surface area contributed by atoms with E-state index < -0.39 is 11.9 Å². The zero-order chi connectivity index (χ0) is 23.9. The van der Waals surface area contributed by atoms with E-state index in [2.05, 4.69) is 35.7 Å². The van der Waals surface area contributed by atoms with Crippen LogP contribution in [0.3, 0.4) is 0 Å². The van der Waals surface area contributed by atoms with E-state index in [1.807, 2.05) is 25.7 Å². The Morgan fingerprint density at radius 2 is 1.97 bits per heavy atom. The smallest absolute Gasteiger partial charge is 0.307 e. The quantitative estimate of drug-likeness (QED) is 0.385. The van der Waals surface area contributed by atoms with E-state index >= 15 is 0 Å². The van der Waals surface area contributed by atoms with E-state index in [1.54, 1.807) is 18.0 Å². The normalized spacial score (nSPS) is 18.0. The van der Waals surface area contributed by atoms with Crippen molar-refractivity contribution < 1.29 is 14.7 Å². The monoisotopic (exact) mass is 537 g/mol. The number of nitrogens with zero attached hydrogens (tertiary/aromatic N) is 3. The van der Waals surface area contributed by atoms with Crippen molar-refractivity contribution in [1.82, 2.24) is 20.2 Å². The summed E-state index contributed by atoms with van der Waals surface area (Å²) in [6.07, 6.45) is 5.11. The standard InChI is InChI=1S/C23H39N5O3S.2ClH/c1-15(2)14-28(17-10-16(21(30)31)11-24-12-17)20(29)18-13-26-22(23(3,4)5)27-19(18)25-8-7-9-32-6;;/h13,15-17,24H,7-12,14H2,1-6H3,(H,30,31)(H,25,26,27);2*1H/t16-,17+;;/m1../s1. The lowest BCUT2D eigenvalue weighted by Gasteiger charge is -2.38. The van der Waals surface area contributed by atoms with Crippen molar-refractivity contribution in [3.05, 3.63) is 17.6 Å². The van der Waals surface area contributed by atoms with Crippen molar-refractivity contribution in [2.75, 3.05) is 43.5 Å². The van der Waals surface area contributed by atoms with E-state index in [0.29, 0.717) is 43.3 Å². The second-order valence-corrected chi connectivity index (χ2v) is 10.9. The molecule has 0 unspecified atom stereocenters. The minimum absolute atomic E-state index is 0. The summed E-state index contributed by atoms with van der Waals surface area (Å²) in [7, 11) is 0. The van der Waals surface area contributed by atoms with Crippen molar-refractivity contribution in [1.29, 1.82) is 0 Å². The molecule has 8 nitrogen and oxygen atoms in total. The van der Waals surface area contributed by atoms with Crippen molar-refractivity contribution in [2.45, 2.75) is 58.9 Å². The molecule has 0 aliphatic carbocycles. The Bertz CT molecular complexity index is 792. The SMILES string of the molecule is CSCCCNc1nc(C(C)(C)C)ncc1C(=O)N(CC(C)C)[C@@H]1CNC[C@H](C(=O)O)C1.Cl.Cl. The fourth-order valence-electron chi connectivity index (χ4n) is 3.75. The minimum Gasteiger partial charge on any atom is -0.481 e. The molecule has 2 heterocycles. The van der Waals surface area contributed by atoms with Gasteiger partial charge < -0.3 is 20.6 Å². The Hall–Kier alpha value is -1.29. The Morgan fingerprint density at radius 3 is 2.53 bits per heavy atom. The third-order valence-electron chi connectivity index (χ3n) is 5.45. The second kappa shape index (κ2) is 15.0. The number of carbonyl (C=O) groups is 2. The van der Waals surface area contributed by atoms with E-state index in [-0.39, 0.29) is 48.1 Å². The molecule has 1 amide bonds. The molecular formula is C23H41Cl2N5O3S. The summed E-state index contributed by atoms with van der Waals surface area (Å²) in [5.41, 5.74) is 0.205. The number of hydrogen-bond donors (Lipinski definition) is 3. The van der Waals surface area contributed by atoms with Crippen LogP contribution in [0.5, 0.6) is 0 Å². The molecule has 1 aromatic rings. The van der Waals surface area contributed by atoms with Crippen LogP contribution in [0.1, 0.15) is 63.6 Å². The van der Waals surface area contributed by atoms with Crippen LogP contribution in [0.15, 0.2) is 6.20 Å². The van der Waals surface area contributed by atoms with Gasteiger partial charge in [0.2, 0.25) is 0 Å². The summed E-state index contributed by atoms with van der Waals surface area (Å²) in [6.45, 7) is 12.5. The van der Waals surface area contributed by atoms with Gasteiger partial charge in [0.15, 0.2) is 0 Å². The number of anilines is 1. The fourth-order valence-corrected chi connectivity index (χ4v) is 4.18. The number of amides is 1. The Kier molecular flexibility index (Phi) is 14.4. The molecule has 1 fully saturated rings. The summed E-state index contributed by atoms with van der Waals surface area (Å²) in [5.74, 6) is 1.04. The molecule has 0 spiro atoms. The zero-order valence-corrected chi connectivity index (χ0v) is 23.5. The fraction of sp³-hybridized carbons (Fsp3) is 0.739. The third kappa shape index (κ3) is 9.40. The summed E-state index contributed by atoms with van der Waals surface area (Å²) < 4.78 is 0. The van der Waals surface area contributed by atoms with Gasteiger partial charge in [0.1, 0.15) is 17.2 Å². The van der Waals surface area contributed by atoms with Crippen LogP contribution in [0.2, 0.25) is 0 Å². The lowest BCUT2D eigenvalue weighted by Crippen LogP contribution is -2.53. The van der Waals surface area contributed by atoms with Gasteiger partial charge in [0.25, 0.3) is 5.91 Å². The van der Waals surface area contributed by atoms with E-state index in [0.717, 1.165) is 18.7 Å². The number of rotatable bonds is 10. The third-order valence-corrected chi connectivity index (χ3v) is 6.14. The maximum Gasteiger partial charge on any atom is 0.307 e. The van der Waals surface area contributed by atoms with Gasteiger partial charge in [-0.25, -0.2) is 9.97 Å². The molecule has 1 aliphatic heterocycles. The minimum atomic E-state index is -0.826. The lowest BCUT2D eigenvalue weighted by molar-refractivity contribution is -0.142.